The third-order valence-electron chi connectivity index (χ3n) is 3.51. The molecule has 3 rings (SSSR count). The minimum absolute atomic E-state index is 0.195. The molecule has 0 radical (unpaired) electrons. The highest BCUT2D eigenvalue weighted by molar-refractivity contribution is 9.10. The number of rotatable bonds is 4. The van der Waals surface area contributed by atoms with E-state index in [0.29, 0.717) is 11.1 Å². The van der Waals surface area contributed by atoms with Crippen molar-refractivity contribution < 1.29 is 13.9 Å². The van der Waals surface area contributed by atoms with Crippen molar-refractivity contribution in [3.63, 3.8) is 0 Å². The lowest BCUT2D eigenvalue weighted by atomic mass is 10.2. The number of aromatic nitrogens is 3. The van der Waals surface area contributed by atoms with Gasteiger partial charge in [0.05, 0.1) is 12.1 Å². The molecule has 0 spiro atoms. The van der Waals surface area contributed by atoms with Gasteiger partial charge in [-0.25, -0.2) is 18.7 Å². The molecule has 124 valence electrons. The second-order valence-corrected chi connectivity index (χ2v) is 5.99. The number of nitrogens with one attached hydrogen (secondary N) is 1. The Morgan fingerprint density at radius 2 is 2.08 bits per heavy atom. The van der Waals surface area contributed by atoms with Crippen LogP contribution in [-0.4, -0.2) is 20.1 Å². The van der Waals surface area contributed by atoms with Gasteiger partial charge in [0.15, 0.2) is 11.6 Å². The number of fused-ring (bicyclic) bond motifs is 1. The number of hydrogen-bond donors (Lipinski definition) is 2. The van der Waals surface area contributed by atoms with Gasteiger partial charge in [-0.3, -0.25) is 4.98 Å². The van der Waals surface area contributed by atoms with Gasteiger partial charge in [0.1, 0.15) is 5.52 Å². The second-order valence-electron chi connectivity index (χ2n) is 5.14. The third-order valence-corrected chi connectivity index (χ3v) is 4.37. The van der Waals surface area contributed by atoms with Gasteiger partial charge < -0.3 is 10.4 Å². The molecular weight excluding hydrogens is 382 g/mol. The molecule has 5 nitrogen and oxygen atoms in total. The van der Waals surface area contributed by atoms with Crippen LogP contribution in [0, 0.1) is 6.92 Å². The van der Waals surface area contributed by atoms with Crippen LogP contribution < -0.4 is 5.32 Å². The smallest absolute Gasteiger partial charge is 0.297 e. The van der Waals surface area contributed by atoms with E-state index in [2.05, 4.69) is 36.2 Å². The fraction of sp³-hybridized carbons (Fsp3) is 0.188. The minimum atomic E-state index is -2.81. The number of hydrogen-bond acceptors (Lipinski definition) is 5. The number of pyridine rings is 1. The van der Waals surface area contributed by atoms with Crippen LogP contribution in [-0.2, 0) is 6.61 Å². The van der Waals surface area contributed by atoms with Crippen LogP contribution in [0.5, 0.6) is 0 Å². The zero-order chi connectivity index (χ0) is 17.3. The van der Waals surface area contributed by atoms with Gasteiger partial charge in [0.25, 0.3) is 6.43 Å². The molecule has 0 atom stereocenters. The van der Waals surface area contributed by atoms with Crippen LogP contribution in [0.4, 0.5) is 20.3 Å². The van der Waals surface area contributed by atoms with E-state index >= 15 is 0 Å². The molecule has 1 aromatic carbocycles. The first-order chi connectivity index (χ1) is 11.5. The second kappa shape index (κ2) is 6.74. The summed E-state index contributed by atoms with van der Waals surface area (Å²) < 4.78 is 27.1. The van der Waals surface area contributed by atoms with Crippen molar-refractivity contribution in [3.8, 4) is 0 Å². The van der Waals surface area contributed by atoms with Gasteiger partial charge in [-0.15, -0.1) is 0 Å². The molecule has 3 aromatic rings. The number of aliphatic hydroxyl groups is 1. The van der Waals surface area contributed by atoms with Crippen molar-refractivity contribution in [1.82, 2.24) is 15.0 Å². The van der Waals surface area contributed by atoms with E-state index in [9.17, 15) is 13.9 Å². The molecule has 0 saturated heterocycles. The van der Waals surface area contributed by atoms with E-state index in [0.717, 1.165) is 15.7 Å². The molecule has 8 heteroatoms. The summed E-state index contributed by atoms with van der Waals surface area (Å²) in [5.41, 5.74) is 2.73. The number of alkyl halides is 2. The molecule has 0 aliphatic rings. The topological polar surface area (TPSA) is 70.9 Å². The van der Waals surface area contributed by atoms with Gasteiger partial charge in [-0.2, -0.15) is 0 Å². The van der Waals surface area contributed by atoms with Crippen molar-refractivity contribution in [1.29, 1.82) is 0 Å². The Labute approximate surface area is 144 Å². The maximum absolute atomic E-state index is 13.1. The van der Waals surface area contributed by atoms with Crippen molar-refractivity contribution >= 4 is 38.5 Å². The van der Waals surface area contributed by atoms with E-state index in [1.807, 2.05) is 25.1 Å². The lowest BCUT2D eigenvalue weighted by Crippen LogP contribution is -2.05. The Balaban J connectivity index is 2.16. The molecule has 2 aromatic heterocycles. The Hall–Kier alpha value is -2.19. The molecule has 0 aliphatic carbocycles. The number of benzene rings is 1. The van der Waals surface area contributed by atoms with Gasteiger partial charge in [0, 0.05) is 16.4 Å². The first-order valence-electron chi connectivity index (χ1n) is 7.07. The highest BCUT2D eigenvalue weighted by Gasteiger charge is 2.17. The SMILES string of the molecule is Cc1c(Br)cccc1Nc1nc(C(F)F)nc2cc(CO)cnc12. The van der Waals surface area contributed by atoms with Gasteiger partial charge in [-0.05, 0) is 36.2 Å². The fourth-order valence-corrected chi connectivity index (χ4v) is 2.59. The molecule has 0 fully saturated rings. The van der Waals surface area contributed by atoms with Gasteiger partial charge in [-0.1, -0.05) is 22.0 Å². The summed E-state index contributed by atoms with van der Waals surface area (Å²) in [6, 6.07) is 7.05. The predicted octanol–water partition coefficient (Wildman–Crippen LogP) is 4.27. The van der Waals surface area contributed by atoms with Gasteiger partial charge in [0.2, 0.25) is 0 Å². The highest BCUT2D eigenvalue weighted by Crippen LogP contribution is 2.29. The molecule has 0 saturated carbocycles. The van der Waals surface area contributed by atoms with E-state index in [-0.39, 0.29) is 17.9 Å². The summed E-state index contributed by atoms with van der Waals surface area (Å²) in [4.78, 5) is 11.9. The maximum atomic E-state index is 13.1. The zero-order valence-corrected chi connectivity index (χ0v) is 14.2. The van der Waals surface area contributed by atoms with E-state index in [1.165, 1.54) is 12.3 Å². The highest BCUT2D eigenvalue weighted by atomic mass is 79.9. The Bertz CT molecular complexity index is 905. The lowest BCUT2D eigenvalue weighted by Gasteiger charge is -2.13. The maximum Gasteiger partial charge on any atom is 0.297 e. The Morgan fingerprint density at radius 1 is 1.29 bits per heavy atom. The molecule has 24 heavy (non-hydrogen) atoms. The minimum Gasteiger partial charge on any atom is -0.392 e. The van der Waals surface area contributed by atoms with Crippen molar-refractivity contribution in [2.45, 2.75) is 20.0 Å². The number of anilines is 2. The van der Waals surface area contributed by atoms with Crippen LogP contribution in [0.3, 0.4) is 0 Å². The standard InChI is InChI=1S/C16H13BrF2N4O/c1-8-10(17)3-2-4-11(8)21-15-13-12(5-9(7-24)6-20-13)22-16(23-15)14(18)19/h2-6,14,24H,7H2,1H3,(H,21,22,23). The first kappa shape index (κ1) is 16.7. The Morgan fingerprint density at radius 3 is 2.79 bits per heavy atom. The summed E-state index contributed by atoms with van der Waals surface area (Å²) in [6.45, 7) is 1.64. The Kier molecular flexibility index (Phi) is 4.68. The fourth-order valence-electron chi connectivity index (χ4n) is 2.22. The van der Waals surface area contributed by atoms with Crippen LogP contribution in [0.1, 0.15) is 23.4 Å². The van der Waals surface area contributed by atoms with Crippen molar-refractivity contribution in [3.05, 3.63) is 51.9 Å². The molecule has 0 aliphatic heterocycles. The summed E-state index contributed by atoms with van der Waals surface area (Å²) in [5.74, 6) is -0.393. The van der Waals surface area contributed by atoms with E-state index in [1.54, 1.807) is 0 Å². The van der Waals surface area contributed by atoms with E-state index in [4.69, 9.17) is 0 Å². The van der Waals surface area contributed by atoms with Crippen LogP contribution in [0.25, 0.3) is 11.0 Å². The number of nitrogens with zero attached hydrogens (tertiary/aromatic N) is 3. The van der Waals surface area contributed by atoms with Crippen LogP contribution in [0.15, 0.2) is 34.9 Å². The molecule has 0 unspecified atom stereocenters. The first-order valence-corrected chi connectivity index (χ1v) is 7.86. The third kappa shape index (κ3) is 3.20. The van der Waals surface area contributed by atoms with Crippen molar-refractivity contribution in [2.75, 3.05) is 5.32 Å². The lowest BCUT2D eigenvalue weighted by molar-refractivity contribution is 0.141. The normalized spacial score (nSPS) is 11.2. The average Bonchev–Trinajstić information content (AvgIpc) is 2.58. The summed E-state index contributed by atoms with van der Waals surface area (Å²) in [5, 5.41) is 12.2. The summed E-state index contributed by atoms with van der Waals surface area (Å²) in [7, 11) is 0. The van der Waals surface area contributed by atoms with E-state index < -0.39 is 12.2 Å². The average molecular weight is 395 g/mol. The zero-order valence-electron chi connectivity index (χ0n) is 12.6. The summed E-state index contributed by atoms with van der Waals surface area (Å²) >= 11 is 3.43. The molecule has 0 amide bonds. The van der Waals surface area contributed by atoms with Crippen LogP contribution >= 0.6 is 15.9 Å². The number of aliphatic hydroxyl groups excluding tert-OH is 1. The number of halogens is 3. The van der Waals surface area contributed by atoms with Crippen molar-refractivity contribution in [2.24, 2.45) is 0 Å². The summed E-state index contributed by atoms with van der Waals surface area (Å²) in [6.07, 6.45) is -1.34. The van der Waals surface area contributed by atoms with Gasteiger partial charge >= 0.3 is 0 Å². The molecule has 2 N–H and O–H groups in total. The molecule has 0 bridgehead atoms. The predicted molar refractivity (Wildman–Crippen MR) is 90.4 cm³/mol. The van der Waals surface area contributed by atoms with Crippen LogP contribution in [0.2, 0.25) is 0 Å². The quantitative estimate of drug-likeness (QED) is 0.691. The molecular formula is C16H13BrF2N4O. The monoisotopic (exact) mass is 394 g/mol. The molecule has 2 heterocycles. The largest absolute Gasteiger partial charge is 0.392 e.